The molecule has 0 bridgehead atoms. The summed E-state index contributed by atoms with van der Waals surface area (Å²) < 4.78 is 25.3. The van der Waals surface area contributed by atoms with Crippen LogP contribution in [0.1, 0.15) is 46.0 Å². The van der Waals surface area contributed by atoms with Crippen LogP contribution in [0.2, 0.25) is 0 Å². The third kappa shape index (κ3) is 4.57. The van der Waals surface area contributed by atoms with E-state index in [2.05, 4.69) is 0 Å². The predicted octanol–water partition coefficient (Wildman–Crippen LogP) is 1.69. The van der Waals surface area contributed by atoms with Crippen LogP contribution in [0.4, 0.5) is 0 Å². The smallest absolute Gasteiger partial charge is 0.318 e. The highest BCUT2D eigenvalue weighted by molar-refractivity contribution is 7.89. The lowest BCUT2D eigenvalue weighted by Crippen LogP contribution is -2.42. The lowest BCUT2D eigenvalue weighted by molar-refractivity contribution is -0.137. The second-order valence-corrected chi connectivity index (χ2v) is 7.33. The van der Waals surface area contributed by atoms with E-state index in [0.717, 1.165) is 17.1 Å². The van der Waals surface area contributed by atoms with Crippen LogP contribution in [0.5, 0.6) is 0 Å². The normalized spacial score (nSPS) is 17.8. The fraction of sp³-hybridized carbons (Fsp3) is 0.917. The van der Waals surface area contributed by atoms with E-state index >= 15 is 0 Å². The zero-order valence-corrected chi connectivity index (χ0v) is 11.9. The van der Waals surface area contributed by atoms with E-state index in [1.54, 1.807) is 13.8 Å². The lowest BCUT2D eigenvalue weighted by Gasteiger charge is -2.24. The molecule has 1 rings (SSSR count). The summed E-state index contributed by atoms with van der Waals surface area (Å²) in [5.74, 6) is -0.532. The zero-order chi connectivity index (χ0) is 13.8. The van der Waals surface area contributed by atoms with Crippen molar-refractivity contribution >= 4 is 16.0 Å². The van der Waals surface area contributed by atoms with Gasteiger partial charge in [0.1, 0.15) is 6.54 Å². The Morgan fingerprint density at radius 2 is 1.89 bits per heavy atom. The highest BCUT2D eigenvalue weighted by Crippen LogP contribution is 2.28. The van der Waals surface area contributed by atoms with Crippen molar-refractivity contribution < 1.29 is 18.3 Å². The van der Waals surface area contributed by atoms with Crippen LogP contribution in [0.25, 0.3) is 0 Å². The van der Waals surface area contributed by atoms with E-state index < -0.39 is 22.5 Å². The summed E-state index contributed by atoms with van der Waals surface area (Å²) in [5, 5.41) is 8.77. The number of carboxylic acids is 1. The summed E-state index contributed by atoms with van der Waals surface area (Å²) in [6, 6.07) is -0.310. The van der Waals surface area contributed by atoms with E-state index in [4.69, 9.17) is 5.11 Å². The molecule has 0 spiro atoms. The summed E-state index contributed by atoms with van der Waals surface area (Å²) in [4.78, 5) is 10.7. The molecule has 0 heterocycles. The van der Waals surface area contributed by atoms with Crippen molar-refractivity contribution in [3.8, 4) is 0 Å². The van der Waals surface area contributed by atoms with Gasteiger partial charge in [0.25, 0.3) is 0 Å². The molecule has 0 aromatic rings. The first-order valence-electron chi connectivity index (χ1n) is 6.54. The molecule has 0 radical (unpaired) electrons. The second-order valence-electron chi connectivity index (χ2n) is 5.29. The number of aliphatic carboxylic acids is 1. The Morgan fingerprint density at radius 1 is 1.33 bits per heavy atom. The lowest BCUT2D eigenvalue weighted by atomic mass is 10.1. The fourth-order valence-corrected chi connectivity index (χ4v) is 4.28. The van der Waals surface area contributed by atoms with Crippen molar-refractivity contribution in [2.45, 2.75) is 52.0 Å². The molecule has 0 atom stereocenters. The first-order valence-corrected chi connectivity index (χ1v) is 8.15. The van der Waals surface area contributed by atoms with E-state index in [0.29, 0.717) is 12.3 Å². The number of carbonyl (C=O) groups is 1. The number of nitrogens with zero attached hydrogens (tertiary/aromatic N) is 1. The molecule has 0 saturated heterocycles. The van der Waals surface area contributed by atoms with Gasteiger partial charge in [-0.15, -0.1) is 0 Å². The maximum Gasteiger partial charge on any atom is 0.318 e. The van der Waals surface area contributed by atoms with Crippen molar-refractivity contribution in [1.29, 1.82) is 0 Å². The molecule has 5 nitrogen and oxygen atoms in total. The average molecular weight is 277 g/mol. The van der Waals surface area contributed by atoms with Crippen molar-refractivity contribution in [1.82, 2.24) is 4.31 Å². The van der Waals surface area contributed by atoms with Gasteiger partial charge in [-0.3, -0.25) is 4.79 Å². The molecule has 1 saturated carbocycles. The van der Waals surface area contributed by atoms with E-state index in [9.17, 15) is 13.2 Å². The number of hydrogen-bond donors (Lipinski definition) is 1. The van der Waals surface area contributed by atoms with Gasteiger partial charge in [0.05, 0.1) is 5.75 Å². The molecule has 1 aliphatic carbocycles. The first-order chi connectivity index (χ1) is 8.33. The molecular weight excluding hydrogens is 254 g/mol. The highest BCUT2D eigenvalue weighted by atomic mass is 32.2. The molecule has 18 heavy (non-hydrogen) atoms. The second kappa shape index (κ2) is 6.52. The van der Waals surface area contributed by atoms with Gasteiger partial charge in [0.2, 0.25) is 10.0 Å². The molecule has 0 aromatic carbocycles. The molecule has 6 heteroatoms. The van der Waals surface area contributed by atoms with Gasteiger partial charge in [-0.05, 0) is 26.2 Å². The summed E-state index contributed by atoms with van der Waals surface area (Å²) in [5.41, 5.74) is 0. The molecule has 0 amide bonds. The molecule has 1 N–H and O–H groups in total. The monoisotopic (exact) mass is 277 g/mol. The van der Waals surface area contributed by atoms with Crippen LogP contribution in [-0.4, -0.2) is 42.1 Å². The molecule has 1 fully saturated rings. The van der Waals surface area contributed by atoms with Crippen molar-refractivity contribution in [2.24, 2.45) is 5.92 Å². The minimum Gasteiger partial charge on any atom is -0.480 e. The van der Waals surface area contributed by atoms with Gasteiger partial charge in [-0.25, -0.2) is 8.42 Å². The van der Waals surface area contributed by atoms with Crippen LogP contribution in [0, 0.1) is 5.92 Å². The average Bonchev–Trinajstić information content (AvgIpc) is 2.75. The number of sulfonamides is 1. The largest absolute Gasteiger partial charge is 0.480 e. The Hall–Kier alpha value is -0.620. The van der Waals surface area contributed by atoms with Crippen LogP contribution in [0.15, 0.2) is 0 Å². The predicted molar refractivity (Wildman–Crippen MR) is 69.8 cm³/mol. The number of carboxylic acid groups (broad SMARTS) is 1. The summed E-state index contributed by atoms with van der Waals surface area (Å²) >= 11 is 0. The summed E-state index contributed by atoms with van der Waals surface area (Å²) in [7, 11) is -3.45. The Kier molecular flexibility index (Phi) is 5.59. The molecule has 1 aliphatic rings. The van der Waals surface area contributed by atoms with Gasteiger partial charge in [-0.1, -0.05) is 25.7 Å². The van der Waals surface area contributed by atoms with E-state index in [1.165, 1.54) is 12.8 Å². The van der Waals surface area contributed by atoms with Crippen LogP contribution in [-0.2, 0) is 14.8 Å². The standard InChI is InChI=1S/C12H23NO4S/c1-10(2)13(9-12(14)15)18(16,17)8-7-11-5-3-4-6-11/h10-11H,3-9H2,1-2H3,(H,14,15). The summed E-state index contributed by atoms with van der Waals surface area (Å²) in [6.45, 7) is 2.97. The molecule has 0 aromatic heterocycles. The number of rotatable bonds is 7. The third-order valence-electron chi connectivity index (χ3n) is 3.48. The third-order valence-corrected chi connectivity index (χ3v) is 5.50. The van der Waals surface area contributed by atoms with Crippen molar-refractivity contribution in [2.75, 3.05) is 12.3 Å². The van der Waals surface area contributed by atoms with Gasteiger partial charge in [0.15, 0.2) is 0 Å². The van der Waals surface area contributed by atoms with Crippen LogP contribution < -0.4 is 0 Å². The maximum atomic E-state index is 12.1. The maximum absolute atomic E-state index is 12.1. The van der Waals surface area contributed by atoms with Gasteiger partial charge in [0, 0.05) is 6.04 Å². The minimum absolute atomic E-state index is 0.0725. The van der Waals surface area contributed by atoms with Crippen molar-refractivity contribution in [3.05, 3.63) is 0 Å². The molecule has 106 valence electrons. The van der Waals surface area contributed by atoms with Crippen LogP contribution in [0.3, 0.4) is 0 Å². The van der Waals surface area contributed by atoms with Gasteiger partial charge < -0.3 is 5.11 Å². The van der Waals surface area contributed by atoms with E-state index in [-0.39, 0.29) is 11.8 Å². The van der Waals surface area contributed by atoms with E-state index in [1.807, 2.05) is 0 Å². The topological polar surface area (TPSA) is 74.7 Å². The Morgan fingerprint density at radius 3 is 2.33 bits per heavy atom. The Balaban J connectivity index is 2.60. The SMILES string of the molecule is CC(C)N(CC(=O)O)S(=O)(=O)CCC1CCCC1. The van der Waals surface area contributed by atoms with Gasteiger partial charge >= 0.3 is 5.97 Å². The zero-order valence-electron chi connectivity index (χ0n) is 11.1. The molecule has 0 aliphatic heterocycles. The molecule has 0 unspecified atom stereocenters. The molecular formula is C12H23NO4S. The fourth-order valence-electron chi connectivity index (χ4n) is 2.47. The van der Waals surface area contributed by atoms with Gasteiger partial charge in [-0.2, -0.15) is 4.31 Å². The Bertz CT molecular complexity index is 372. The minimum atomic E-state index is -3.45. The number of hydrogen-bond acceptors (Lipinski definition) is 3. The highest BCUT2D eigenvalue weighted by Gasteiger charge is 2.28. The van der Waals surface area contributed by atoms with Crippen LogP contribution >= 0.6 is 0 Å². The summed E-state index contributed by atoms with van der Waals surface area (Å²) in [6.07, 6.45) is 5.25. The first kappa shape index (κ1) is 15.4. The quantitative estimate of drug-likeness (QED) is 0.768. The Labute approximate surface area is 109 Å². The van der Waals surface area contributed by atoms with Crippen molar-refractivity contribution in [3.63, 3.8) is 0 Å².